The fourth-order valence-corrected chi connectivity index (χ4v) is 9.83. The van der Waals surface area contributed by atoms with E-state index in [0.29, 0.717) is 17.3 Å². The zero-order valence-corrected chi connectivity index (χ0v) is 34.5. The number of para-hydroxylation sites is 1. The molecule has 3 heterocycles. The number of benzene rings is 8. The van der Waals surface area contributed by atoms with Gasteiger partial charge in [0, 0.05) is 27.6 Å². The Balaban J connectivity index is 1.19. The van der Waals surface area contributed by atoms with Crippen LogP contribution in [0, 0.1) is 13.8 Å². The molecule has 0 aliphatic heterocycles. The summed E-state index contributed by atoms with van der Waals surface area (Å²) >= 11 is 0. The Labute approximate surface area is 359 Å². The van der Waals surface area contributed by atoms with Gasteiger partial charge in [-0.1, -0.05) is 164 Å². The lowest BCUT2D eigenvalue weighted by molar-refractivity contribution is 0.662. The maximum Gasteiger partial charge on any atom is 0.197 e. The molecule has 4 nitrogen and oxygen atoms in total. The minimum atomic E-state index is 0.298. The standard InChI is InChI=1S/C58H41N3O/c1-36-26-27-43(39-18-8-4-9-19-39)34-48(36)52-37(2)55-53(46-23-13-12-22-45(46)52)49-35-44(40-20-10-5-11-21-40)32-33-50(49)61(55)58-56-54(47-24-14-15-25-51(47)62-56)59-57(60-58)42-30-28-41(29-31-42)38-16-6-3-7-17-38/h3-28,30-35,41H,29H2,1-2H3. The van der Waals surface area contributed by atoms with Crippen LogP contribution in [0.5, 0.6) is 0 Å². The van der Waals surface area contributed by atoms with E-state index in [1.807, 2.05) is 12.1 Å². The summed E-state index contributed by atoms with van der Waals surface area (Å²) in [5.41, 5.74) is 16.3. The van der Waals surface area contributed by atoms with Crippen LogP contribution in [0.25, 0.3) is 99.4 Å². The predicted octanol–water partition coefficient (Wildman–Crippen LogP) is 15.4. The largest absolute Gasteiger partial charge is 0.450 e. The van der Waals surface area contributed by atoms with Gasteiger partial charge in [-0.3, -0.25) is 4.57 Å². The lowest BCUT2D eigenvalue weighted by Gasteiger charge is -2.19. The molecular formula is C58H41N3O. The Bertz CT molecular complexity index is 3610. The first kappa shape index (κ1) is 36.1. The van der Waals surface area contributed by atoms with Crippen LogP contribution in [0.2, 0.25) is 0 Å². The number of allylic oxidation sites excluding steroid dienone is 4. The first-order valence-corrected chi connectivity index (χ1v) is 21.4. The van der Waals surface area contributed by atoms with Crippen LogP contribution in [0.15, 0.2) is 199 Å². The van der Waals surface area contributed by atoms with Gasteiger partial charge in [-0.25, -0.2) is 9.97 Å². The molecule has 4 heteroatoms. The molecule has 0 saturated carbocycles. The first-order chi connectivity index (χ1) is 30.6. The second-order valence-corrected chi connectivity index (χ2v) is 16.5. The maximum absolute atomic E-state index is 6.86. The molecule has 1 aliphatic carbocycles. The molecule has 8 aromatic carbocycles. The highest BCUT2D eigenvalue weighted by molar-refractivity contribution is 6.26. The third kappa shape index (κ3) is 5.75. The summed E-state index contributed by atoms with van der Waals surface area (Å²) < 4.78 is 9.23. The summed E-state index contributed by atoms with van der Waals surface area (Å²) in [6.45, 7) is 4.52. The van der Waals surface area contributed by atoms with Gasteiger partial charge in [-0.2, -0.15) is 0 Å². The molecule has 3 aromatic heterocycles. The highest BCUT2D eigenvalue weighted by atomic mass is 16.3. The minimum Gasteiger partial charge on any atom is -0.450 e. The zero-order valence-electron chi connectivity index (χ0n) is 34.5. The Morgan fingerprint density at radius 2 is 1.23 bits per heavy atom. The van der Waals surface area contributed by atoms with Gasteiger partial charge in [-0.15, -0.1) is 0 Å². The van der Waals surface area contributed by atoms with Crippen molar-refractivity contribution in [2.24, 2.45) is 0 Å². The highest BCUT2D eigenvalue weighted by Crippen LogP contribution is 2.47. The summed E-state index contributed by atoms with van der Waals surface area (Å²) in [6, 6.07) is 63.0. The van der Waals surface area contributed by atoms with Crippen LogP contribution >= 0.6 is 0 Å². The van der Waals surface area contributed by atoms with Crippen LogP contribution in [0.1, 0.15) is 34.9 Å². The molecule has 11 aromatic rings. The third-order valence-corrected chi connectivity index (χ3v) is 12.9. The fourth-order valence-electron chi connectivity index (χ4n) is 9.83. The number of hydrogen-bond donors (Lipinski definition) is 0. The molecule has 294 valence electrons. The lowest BCUT2D eigenvalue weighted by Crippen LogP contribution is -2.06. The molecule has 0 amide bonds. The van der Waals surface area contributed by atoms with E-state index in [2.05, 4.69) is 200 Å². The quantitative estimate of drug-likeness (QED) is 0.168. The zero-order chi connectivity index (χ0) is 41.3. The lowest BCUT2D eigenvalue weighted by atomic mass is 9.87. The van der Waals surface area contributed by atoms with Crippen molar-refractivity contribution in [1.29, 1.82) is 0 Å². The smallest absolute Gasteiger partial charge is 0.197 e. The molecule has 0 fully saturated rings. The molecule has 0 bridgehead atoms. The summed E-state index contributed by atoms with van der Waals surface area (Å²) in [6.07, 6.45) is 7.66. The summed E-state index contributed by atoms with van der Waals surface area (Å²) in [5.74, 6) is 1.71. The van der Waals surface area contributed by atoms with Crippen molar-refractivity contribution in [3.63, 3.8) is 0 Å². The second kappa shape index (κ2) is 14.4. The molecule has 12 rings (SSSR count). The van der Waals surface area contributed by atoms with Crippen LogP contribution in [0.3, 0.4) is 0 Å². The van der Waals surface area contributed by atoms with Gasteiger partial charge >= 0.3 is 0 Å². The Morgan fingerprint density at radius 1 is 0.581 bits per heavy atom. The number of fused-ring (bicyclic) bond motifs is 8. The first-order valence-electron chi connectivity index (χ1n) is 21.4. The highest BCUT2D eigenvalue weighted by Gasteiger charge is 2.27. The van der Waals surface area contributed by atoms with E-state index in [9.17, 15) is 0 Å². The van der Waals surface area contributed by atoms with Gasteiger partial charge in [0.25, 0.3) is 0 Å². The second-order valence-electron chi connectivity index (χ2n) is 16.5. The molecule has 1 atom stereocenters. The van der Waals surface area contributed by atoms with E-state index >= 15 is 0 Å². The number of furan rings is 1. The van der Waals surface area contributed by atoms with Crippen LogP contribution in [-0.4, -0.2) is 14.5 Å². The topological polar surface area (TPSA) is 43.9 Å². The predicted molar refractivity (Wildman–Crippen MR) is 258 cm³/mol. The van der Waals surface area contributed by atoms with Gasteiger partial charge < -0.3 is 4.42 Å². The Kier molecular flexibility index (Phi) is 8.39. The van der Waals surface area contributed by atoms with E-state index in [4.69, 9.17) is 14.4 Å². The Hall–Kier alpha value is -7.82. The SMILES string of the molecule is Cc1ccc(-c2ccccc2)cc1-c1c(C)c2c(c3ccccc13)c1cc(-c3ccccc3)ccc1n2-c1nc(C2=CCC(c3ccccc3)C=C2)nc2c1oc1ccccc12. The molecular weight excluding hydrogens is 755 g/mol. The number of aromatic nitrogens is 3. The van der Waals surface area contributed by atoms with Crippen molar-refractivity contribution in [3.05, 3.63) is 217 Å². The number of nitrogens with zero attached hydrogens (tertiary/aromatic N) is 3. The molecule has 0 saturated heterocycles. The average molecular weight is 796 g/mol. The normalized spacial score (nSPS) is 14.1. The fraction of sp³-hybridized carbons (Fsp3) is 0.0690. The number of aryl methyl sites for hydroxylation is 2. The van der Waals surface area contributed by atoms with Gasteiger partial charge in [0.1, 0.15) is 11.1 Å². The molecule has 0 radical (unpaired) electrons. The van der Waals surface area contributed by atoms with Crippen LogP contribution in [-0.2, 0) is 0 Å². The van der Waals surface area contributed by atoms with E-state index in [0.717, 1.165) is 56.3 Å². The van der Waals surface area contributed by atoms with Crippen LogP contribution in [0.4, 0.5) is 0 Å². The van der Waals surface area contributed by atoms with E-state index in [1.165, 1.54) is 60.7 Å². The molecule has 0 N–H and O–H groups in total. The number of hydrogen-bond acceptors (Lipinski definition) is 3. The molecule has 62 heavy (non-hydrogen) atoms. The molecule has 0 spiro atoms. The number of rotatable bonds is 6. The average Bonchev–Trinajstić information content (AvgIpc) is 3.89. The van der Waals surface area contributed by atoms with Crippen molar-refractivity contribution in [3.8, 4) is 39.2 Å². The minimum absolute atomic E-state index is 0.298. The van der Waals surface area contributed by atoms with Crippen molar-refractivity contribution >= 4 is 60.2 Å². The Morgan fingerprint density at radius 3 is 1.95 bits per heavy atom. The van der Waals surface area contributed by atoms with Gasteiger partial charge in [0.2, 0.25) is 0 Å². The third-order valence-electron chi connectivity index (χ3n) is 12.9. The van der Waals surface area contributed by atoms with Gasteiger partial charge in [0.15, 0.2) is 17.2 Å². The summed E-state index contributed by atoms with van der Waals surface area (Å²) in [7, 11) is 0. The summed E-state index contributed by atoms with van der Waals surface area (Å²) in [4.78, 5) is 10.9. The van der Waals surface area contributed by atoms with E-state index < -0.39 is 0 Å². The van der Waals surface area contributed by atoms with Gasteiger partial charge in [0.05, 0.1) is 11.0 Å². The summed E-state index contributed by atoms with van der Waals surface area (Å²) in [5, 5.41) is 5.74. The van der Waals surface area contributed by atoms with Crippen LogP contribution < -0.4 is 0 Å². The van der Waals surface area contributed by atoms with Crippen molar-refractivity contribution in [1.82, 2.24) is 14.5 Å². The molecule has 1 aliphatic rings. The van der Waals surface area contributed by atoms with E-state index in [1.54, 1.807) is 0 Å². The van der Waals surface area contributed by atoms with Gasteiger partial charge in [-0.05, 0) is 111 Å². The van der Waals surface area contributed by atoms with Crippen molar-refractivity contribution in [2.75, 3.05) is 0 Å². The maximum atomic E-state index is 6.86. The molecule has 1 unspecified atom stereocenters. The van der Waals surface area contributed by atoms with Crippen molar-refractivity contribution in [2.45, 2.75) is 26.2 Å². The van der Waals surface area contributed by atoms with Crippen molar-refractivity contribution < 1.29 is 4.42 Å². The van der Waals surface area contributed by atoms with E-state index in [-0.39, 0.29) is 0 Å². The monoisotopic (exact) mass is 795 g/mol.